The Labute approximate surface area is 108 Å². The van der Waals surface area contributed by atoms with Crippen molar-refractivity contribution < 1.29 is 19.3 Å². The van der Waals surface area contributed by atoms with E-state index in [1.807, 2.05) is 26.0 Å². The van der Waals surface area contributed by atoms with Crippen molar-refractivity contribution in [2.45, 2.75) is 20.3 Å². The van der Waals surface area contributed by atoms with Crippen LogP contribution < -0.4 is 14.2 Å². The average molecular weight is 254 g/mol. The average Bonchev–Trinajstić information content (AvgIpc) is 2.37. The van der Waals surface area contributed by atoms with Gasteiger partial charge < -0.3 is 19.3 Å². The fourth-order valence-corrected chi connectivity index (χ4v) is 1.85. The second-order valence-corrected chi connectivity index (χ2v) is 5.03. The van der Waals surface area contributed by atoms with Gasteiger partial charge in [0.1, 0.15) is 0 Å². The molecule has 0 saturated carbocycles. The minimum atomic E-state index is -0.176. The van der Waals surface area contributed by atoms with Gasteiger partial charge in [-0.25, -0.2) is 0 Å². The van der Waals surface area contributed by atoms with Gasteiger partial charge in [-0.05, 0) is 29.5 Å². The molecule has 18 heavy (non-hydrogen) atoms. The van der Waals surface area contributed by atoms with Gasteiger partial charge in [-0.3, -0.25) is 0 Å². The van der Waals surface area contributed by atoms with E-state index in [4.69, 9.17) is 14.2 Å². The molecule has 0 amide bonds. The van der Waals surface area contributed by atoms with Crippen LogP contribution in [0, 0.1) is 5.41 Å². The molecule has 0 heterocycles. The van der Waals surface area contributed by atoms with Crippen LogP contribution >= 0.6 is 0 Å². The predicted octanol–water partition coefficient (Wildman–Crippen LogP) is 2.27. The fourth-order valence-electron chi connectivity index (χ4n) is 1.85. The number of hydrogen-bond donors (Lipinski definition) is 1. The van der Waals surface area contributed by atoms with Crippen molar-refractivity contribution in [1.29, 1.82) is 0 Å². The lowest BCUT2D eigenvalue weighted by Crippen LogP contribution is -2.19. The Morgan fingerprint density at radius 2 is 1.50 bits per heavy atom. The van der Waals surface area contributed by atoms with Crippen LogP contribution in [0.3, 0.4) is 0 Å². The molecule has 0 fully saturated rings. The highest BCUT2D eigenvalue weighted by molar-refractivity contribution is 5.54. The smallest absolute Gasteiger partial charge is 0.203 e. The van der Waals surface area contributed by atoms with Gasteiger partial charge in [0, 0.05) is 6.61 Å². The molecule has 0 aromatic heterocycles. The van der Waals surface area contributed by atoms with E-state index in [0.717, 1.165) is 12.0 Å². The summed E-state index contributed by atoms with van der Waals surface area (Å²) in [6.07, 6.45) is 0.736. The van der Waals surface area contributed by atoms with Crippen LogP contribution in [0.4, 0.5) is 0 Å². The highest BCUT2D eigenvalue weighted by Gasteiger charge is 2.20. The van der Waals surface area contributed by atoms with Crippen LogP contribution in [-0.4, -0.2) is 33.0 Å². The topological polar surface area (TPSA) is 47.9 Å². The summed E-state index contributed by atoms with van der Waals surface area (Å²) in [5.74, 6) is 1.87. The molecular weight excluding hydrogens is 232 g/mol. The molecule has 1 N–H and O–H groups in total. The molecule has 1 aromatic carbocycles. The number of rotatable bonds is 6. The quantitative estimate of drug-likeness (QED) is 0.846. The van der Waals surface area contributed by atoms with Crippen LogP contribution in [0.2, 0.25) is 0 Å². The molecule has 0 bridgehead atoms. The summed E-state index contributed by atoms with van der Waals surface area (Å²) in [6.45, 7) is 4.15. The van der Waals surface area contributed by atoms with Gasteiger partial charge in [-0.2, -0.15) is 0 Å². The summed E-state index contributed by atoms with van der Waals surface area (Å²) < 4.78 is 15.9. The highest BCUT2D eigenvalue weighted by Crippen LogP contribution is 2.39. The number of aliphatic hydroxyl groups excluding tert-OH is 1. The van der Waals surface area contributed by atoms with Crippen molar-refractivity contribution in [3.8, 4) is 17.2 Å². The molecule has 0 aliphatic carbocycles. The van der Waals surface area contributed by atoms with Crippen molar-refractivity contribution in [3.63, 3.8) is 0 Å². The Morgan fingerprint density at radius 3 is 1.83 bits per heavy atom. The third-order valence-electron chi connectivity index (χ3n) is 2.84. The van der Waals surface area contributed by atoms with Gasteiger partial charge in [-0.15, -0.1) is 0 Å². The minimum absolute atomic E-state index is 0.129. The molecule has 4 heteroatoms. The number of ether oxygens (including phenoxy) is 3. The van der Waals surface area contributed by atoms with Gasteiger partial charge in [-0.1, -0.05) is 13.8 Å². The number of methoxy groups -OCH3 is 3. The number of hydrogen-bond acceptors (Lipinski definition) is 4. The van der Waals surface area contributed by atoms with E-state index in [-0.39, 0.29) is 12.0 Å². The first-order valence-electron chi connectivity index (χ1n) is 5.87. The van der Waals surface area contributed by atoms with E-state index in [2.05, 4.69) is 0 Å². The predicted molar refractivity (Wildman–Crippen MR) is 70.7 cm³/mol. The van der Waals surface area contributed by atoms with E-state index in [1.54, 1.807) is 21.3 Å². The number of aliphatic hydroxyl groups is 1. The molecule has 0 aliphatic heterocycles. The van der Waals surface area contributed by atoms with Gasteiger partial charge >= 0.3 is 0 Å². The molecule has 0 spiro atoms. The summed E-state index contributed by atoms with van der Waals surface area (Å²) in [6, 6.07) is 3.83. The van der Waals surface area contributed by atoms with E-state index < -0.39 is 0 Å². The Balaban J connectivity index is 3.15. The first-order valence-corrected chi connectivity index (χ1v) is 5.87. The second kappa shape index (κ2) is 5.96. The molecule has 0 aliphatic rings. The first-order chi connectivity index (χ1) is 8.47. The van der Waals surface area contributed by atoms with E-state index >= 15 is 0 Å². The minimum Gasteiger partial charge on any atom is -0.493 e. The third kappa shape index (κ3) is 3.29. The van der Waals surface area contributed by atoms with E-state index in [1.165, 1.54) is 0 Å². The highest BCUT2D eigenvalue weighted by atomic mass is 16.5. The Kier molecular flexibility index (Phi) is 4.84. The maximum absolute atomic E-state index is 9.32. The maximum atomic E-state index is 9.32. The van der Waals surface area contributed by atoms with Gasteiger partial charge in [0.05, 0.1) is 21.3 Å². The fraction of sp³-hybridized carbons (Fsp3) is 0.571. The molecule has 4 nitrogen and oxygen atoms in total. The summed E-state index contributed by atoms with van der Waals surface area (Å²) >= 11 is 0. The lowest BCUT2D eigenvalue weighted by Gasteiger charge is -2.22. The SMILES string of the molecule is COc1cc(CC(C)(C)CO)cc(OC)c1OC. The Morgan fingerprint density at radius 1 is 1.00 bits per heavy atom. The molecular formula is C14H22O4. The van der Waals surface area contributed by atoms with Crippen LogP contribution in [-0.2, 0) is 6.42 Å². The first kappa shape index (κ1) is 14.6. The molecule has 0 radical (unpaired) electrons. The molecule has 102 valence electrons. The standard InChI is InChI=1S/C14H22O4/c1-14(2,9-15)8-10-6-11(16-3)13(18-5)12(7-10)17-4/h6-7,15H,8-9H2,1-5H3. The van der Waals surface area contributed by atoms with Crippen LogP contribution in [0.15, 0.2) is 12.1 Å². The van der Waals surface area contributed by atoms with Crippen molar-refractivity contribution in [2.24, 2.45) is 5.41 Å². The maximum Gasteiger partial charge on any atom is 0.203 e. The summed E-state index contributed by atoms with van der Waals surface area (Å²) in [5, 5.41) is 9.32. The van der Waals surface area contributed by atoms with Crippen molar-refractivity contribution >= 4 is 0 Å². The monoisotopic (exact) mass is 254 g/mol. The summed E-state index contributed by atoms with van der Waals surface area (Å²) in [5.41, 5.74) is 0.869. The van der Waals surface area contributed by atoms with E-state index in [9.17, 15) is 5.11 Å². The van der Waals surface area contributed by atoms with Gasteiger partial charge in [0.25, 0.3) is 0 Å². The zero-order chi connectivity index (χ0) is 13.8. The van der Waals surface area contributed by atoms with Crippen LogP contribution in [0.5, 0.6) is 17.2 Å². The molecule has 1 aromatic rings. The number of benzene rings is 1. The lowest BCUT2D eigenvalue weighted by atomic mass is 9.86. The van der Waals surface area contributed by atoms with Crippen LogP contribution in [0.1, 0.15) is 19.4 Å². The van der Waals surface area contributed by atoms with Gasteiger partial charge in [0.15, 0.2) is 11.5 Å². The van der Waals surface area contributed by atoms with Crippen LogP contribution in [0.25, 0.3) is 0 Å². The van der Waals surface area contributed by atoms with Crippen molar-refractivity contribution in [3.05, 3.63) is 17.7 Å². The third-order valence-corrected chi connectivity index (χ3v) is 2.84. The molecule has 1 rings (SSSR count). The summed E-state index contributed by atoms with van der Waals surface area (Å²) in [7, 11) is 4.77. The molecule has 0 atom stereocenters. The van der Waals surface area contributed by atoms with Crippen molar-refractivity contribution in [2.75, 3.05) is 27.9 Å². The Bertz CT molecular complexity index is 374. The van der Waals surface area contributed by atoms with Gasteiger partial charge in [0.2, 0.25) is 5.75 Å². The largest absolute Gasteiger partial charge is 0.493 e. The molecule has 0 unspecified atom stereocenters. The molecule has 0 saturated heterocycles. The van der Waals surface area contributed by atoms with E-state index in [0.29, 0.717) is 17.2 Å². The normalized spacial score (nSPS) is 11.2. The Hall–Kier alpha value is -1.42. The van der Waals surface area contributed by atoms with Crippen molar-refractivity contribution in [1.82, 2.24) is 0 Å². The summed E-state index contributed by atoms with van der Waals surface area (Å²) in [4.78, 5) is 0. The zero-order valence-electron chi connectivity index (χ0n) is 11.7. The second-order valence-electron chi connectivity index (χ2n) is 5.03. The lowest BCUT2D eigenvalue weighted by molar-refractivity contribution is 0.159. The zero-order valence-corrected chi connectivity index (χ0v) is 11.7.